The van der Waals surface area contributed by atoms with Crippen LogP contribution in [0.25, 0.3) is 21.5 Å². The molecule has 2 nitrogen and oxygen atoms in total. The van der Waals surface area contributed by atoms with Gasteiger partial charge in [0.15, 0.2) is 5.71 Å². The van der Waals surface area contributed by atoms with Crippen LogP contribution in [-0.2, 0) is 10.8 Å². The molecule has 0 amide bonds. The van der Waals surface area contributed by atoms with Crippen LogP contribution in [0.3, 0.4) is 0 Å². The predicted octanol–water partition coefficient (Wildman–Crippen LogP) is 10.8. The smallest absolute Gasteiger partial charge is 0.210 e. The highest BCUT2D eigenvalue weighted by molar-refractivity contribution is 6.07. The number of rotatable bonds is 5. The van der Waals surface area contributed by atoms with Crippen molar-refractivity contribution < 1.29 is 4.58 Å². The van der Waals surface area contributed by atoms with Crippen molar-refractivity contribution in [2.75, 3.05) is 18.0 Å². The van der Waals surface area contributed by atoms with Crippen molar-refractivity contribution in [3.8, 4) is 0 Å². The minimum Gasteiger partial charge on any atom is -0.344 e. The Balaban J connectivity index is 1.17. The number of hydrogen-bond donors (Lipinski definition) is 0. The van der Waals surface area contributed by atoms with E-state index < -0.39 is 0 Å². The quantitative estimate of drug-likeness (QED) is 0.213. The van der Waals surface area contributed by atoms with Crippen molar-refractivity contribution in [1.29, 1.82) is 0 Å². The van der Waals surface area contributed by atoms with E-state index in [-0.39, 0.29) is 10.8 Å². The highest BCUT2D eigenvalue weighted by Gasteiger charge is 2.45. The molecule has 1 aliphatic carbocycles. The minimum atomic E-state index is -0.0370. The van der Waals surface area contributed by atoms with Gasteiger partial charge in [0.2, 0.25) is 5.69 Å². The van der Waals surface area contributed by atoms with Crippen LogP contribution < -0.4 is 4.90 Å². The molecule has 44 heavy (non-hydrogen) atoms. The average Bonchev–Trinajstić information content (AvgIpc) is 3.40. The molecular formula is C42H47N2+. The first-order valence-electron chi connectivity index (χ1n) is 16.8. The van der Waals surface area contributed by atoms with Gasteiger partial charge in [-0.15, -0.1) is 0 Å². The molecule has 2 heteroatoms. The maximum Gasteiger partial charge on any atom is 0.210 e. The summed E-state index contributed by atoms with van der Waals surface area (Å²) in [5.41, 5.74) is 10.1. The van der Waals surface area contributed by atoms with E-state index in [4.69, 9.17) is 0 Å². The third kappa shape index (κ3) is 4.48. The summed E-state index contributed by atoms with van der Waals surface area (Å²) in [6.45, 7) is 16.2. The average molecular weight is 580 g/mol. The number of allylic oxidation sites excluding steroid dienone is 6. The van der Waals surface area contributed by atoms with Crippen molar-refractivity contribution >= 4 is 38.6 Å². The molecule has 1 saturated carbocycles. The van der Waals surface area contributed by atoms with Crippen molar-refractivity contribution in [1.82, 2.24) is 0 Å². The van der Waals surface area contributed by atoms with Gasteiger partial charge in [-0.25, -0.2) is 0 Å². The summed E-state index contributed by atoms with van der Waals surface area (Å²) in [7, 11) is 0. The molecular weight excluding hydrogens is 532 g/mol. The molecule has 0 N–H and O–H groups in total. The second kappa shape index (κ2) is 10.9. The molecule has 1 unspecified atom stereocenters. The third-order valence-electron chi connectivity index (χ3n) is 10.7. The molecule has 2 aliphatic heterocycles. The number of benzene rings is 4. The molecule has 2 heterocycles. The zero-order valence-electron chi connectivity index (χ0n) is 27.5. The van der Waals surface area contributed by atoms with Gasteiger partial charge >= 0.3 is 0 Å². The first kappa shape index (κ1) is 28.8. The van der Waals surface area contributed by atoms with Crippen LogP contribution in [0.5, 0.6) is 0 Å². The largest absolute Gasteiger partial charge is 0.344 e. The molecule has 0 bridgehead atoms. The van der Waals surface area contributed by atoms with Crippen molar-refractivity contribution in [2.45, 2.75) is 78.1 Å². The lowest BCUT2D eigenvalue weighted by Gasteiger charge is -2.27. The molecule has 4 aromatic rings. The molecule has 0 radical (unpaired) electrons. The first-order valence-corrected chi connectivity index (χ1v) is 16.8. The molecule has 0 spiro atoms. The summed E-state index contributed by atoms with van der Waals surface area (Å²) in [6.07, 6.45) is 14.8. The van der Waals surface area contributed by atoms with Gasteiger partial charge in [0, 0.05) is 41.1 Å². The van der Waals surface area contributed by atoms with Gasteiger partial charge in [0.05, 0.1) is 5.41 Å². The SMILES string of the molecule is CCN1/C(=C/C=C2\CCCC(/C=C/C3=[N+](CC)c4ccc5ccccc5c4C3(C)C)C2)C(C)(C)c2c1ccc1ccccc21. The molecule has 7 rings (SSSR count). The number of anilines is 1. The van der Waals surface area contributed by atoms with Gasteiger partial charge < -0.3 is 4.90 Å². The number of hydrogen-bond acceptors (Lipinski definition) is 1. The van der Waals surface area contributed by atoms with E-state index in [1.165, 1.54) is 74.7 Å². The highest BCUT2D eigenvalue weighted by atomic mass is 15.2. The van der Waals surface area contributed by atoms with E-state index in [0.717, 1.165) is 19.5 Å². The summed E-state index contributed by atoms with van der Waals surface area (Å²) in [5, 5.41) is 5.44. The fourth-order valence-electron chi connectivity index (χ4n) is 8.62. The Morgan fingerprint density at radius 2 is 1.48 bits per heavy atom. The van der Waals surface area contributed by atoms with Gasteiger partial charge in [-0.3, -0.25) is 0 Å². The predicted molar refractivity (Wildman–Crippen MR) is 190 cm³/mol. The molecule has 1 atom stereocenters. The summed E-state index contributed by atoms with van der Waals surface area (Å²) in [6, 6.07) is 27.0. The van der Waals surface area contributed by atoms with Crippen molar-refractivity contribution in [3.63, 3.8) is 0 Å². The Hall–Kier alpha value is -3.91. The van der Waals surface area contributed by atoms with Gasteiger partial charge in [0.25, 0.3) is 0 Å². The van der Waals surface area contributed by atoms with Crippen molar-refractivity contribution in [2.24, 2.45) is 5.92 Å². The van der Waals surface area contributed by atoms with E-state index in [0.29, 0.717) is 5.92 Å². The number of likely N-dealkylation sites (N-methyl/N-ethyl adjacent to an activating group) is 1. The van der Waals surface area contributed by atoms with Crippen LogP contribution in [0.15, 0.2) is 108 Å². The van der Waals surface area contributed by atoms with Crippen LogP contribution in [0.4, 0.5) is 11.4 Å². The molecule has 224 valence electrons. The normalized spacial score (nSPS) is 22.6. The lowest BCUT2D eigenvalue weighted by atomic mass is 9.78. The summed E-state index contributed by atoms with van der Waals surface area (Å²) >= 11 is 0. The minimum absolute atomic E-state index is 0.0305. The fraction of sp³-hybridized carbons (Fsp3) is 0.357. The highest BCUT2D eigenvalue weighted by Crippen LogP contribution is 2.51. The summed E-state index contributed by atoms with van der Waals surface area (Å²) in [4.78, 5) is 2.54. The van der Waals surface area contributed by atoms with Crippen LogP contribution in [0.2, 0.25) is 0 Å². The van der Waals surface area contributed by atoms with Gasteiger partial charge in [-0.05, 0) is 105 Å². The van der Waals surface area contributed by atoms with Crippen LogP contribution in [0, 0.1) is 5.92 Å². The van der Waals surface area contributed by atoms with E-state index in [1.807, 2.05) is 0 Å². The molecule has 0 saturated heterocycles. The van der Waals surface area contributed by atoms with Gasteiger partial charge in [-0.2, -0.15) is 4.58 Å². The maximum absolute atomic E-state index is 2.55. The zero-order chi connectivity index (χ0) is 30.6. The van der Waals surface area contributed by atoms with E-state index in [9.17, 15) is 0 Å². The van der Waals surface area contributed by atoms with Crippen LogP contribution in [-0.4, -0.2) is 23.4 Å². The molecule has 1 fully saturated rings. The van der Waals surface area contributed by atoms with Crippen LogP contribution >= 0.6 is 0 Å². The fourth-order valence-corrected chi connectivity index (χ4v) is 8.62. The molecule has 0 aromatic heterocycles. The lowest BCUT2D eigenvalue weighted by Crippen LogP contribution is -2.28. The summed E-state index contributed by atoms with van der Waals surface area (Å²) in [5.74, 6) is 0.580. The Labute approximate surface area is 264 Å². The molecule has 4 aromatic carbocycles. The van der Waals surface area contributed by atoms with E-state index in [1.54, 1.807) is 5.57 Å². The topological polar surface area (TPSA) is 6.25 Å². The Morgan fingerprint density at radius 1 is 0.795 bits per heavy atom. The van der Waals surface area contributed by atoms with Gasteiger partial charge in [-0.1, -0.05) is 86.2 Å². The number of nitrogens with zero attached hydrogens (tertiary/aromatic N) is 2. The molecule has 3 aliphatic rings. The third-order valence-corrected chi connectivity index (χ3v) is 10.7. The van der Waals surface area contributed by atoms with E-state index in [2.05, 4.69) is 148 Å². The van der Waals surface area contributed by atoms with Crippen LogP contribution in [0.1, 0.15) is 78.4 Å². The number of fused-ring (bicyclic) bond motifs is 6. The Bertz CT molecular complexity index is 1890. The maximum atomic E-state index is 2.55. The van der Waals surface area contributed by atoms with E-state index >= 15 is 0 Å². The Kier molecular flexibility index (Phi) is 7.15. The first-order chi connectivity index (χ1) is 21.3. The lowest BCUT2D eigenvalue weighted by molar-refractivity contribution is -0.433. The van der Waals surface area contributed by atoms with Crippen molar-refractivity contribution in [3.05, 3.63) is 119 Å². The second-order valence-corrected chi connectivity index (χ2v) is 14.1. The zero-order valence-corrected chi connectivity index (χ0v) is 27.5. The standard InChI is InChI=1S/C42H47N2/c1-7-43-35-24-22-31-16-9-11-18-33(31)39(35)41(3,4)37(43)26-20-29-14-13-15-30(28-29)21-27-38-42(5,6)40-34-19-12-10-17-32(34)23-25-36(40)44(38)8-2/h9-12,16-27,29H,7-8,13-15,28H2,1-6H3/q+1/b26-20+,30-21+,38-27+. The monoisotopic (exact) mass is 579 g/mol. The summed E-state index contributed by atoms with van der Waals surface area (Å²) < 4.78 is 2.55. The van der Waals surface area contributed by atoms with Gasteiger partial charge in [0.1, 0.15) is 6.54 Å². The Morgan fingerprint density at radius 3 is 2.18 bits per heavy atom. The second-order valence-electron chi connectivity index (χ2n) is 14.1.